The molecule has 1 amide bonds. The van der Waals surface area contributed by atoms with Crippen LogP contribution < -0.4 is 14.8 Å². The zero-order chi connectivity index (χ0) is 20.4. The molecule has 7 nitrogen and oxygen atoms in total. The van der Waals surface area contributed by atoms with Gasteiger partial charge in [0.25, 0.3) is 5.91 Å². The predicted molar refractivity (Wildman–Crippen MR) is 110 cm³/mol. The summed E-state index contributed by atoms with van der Waals surface area (Å²) in [4.78, 5) is 16.7. The molecule has 0 fully saturated rings. The summed E-state index contributed by atoms with van der Waals surface area (Å²) in [6.45, 7) is 0.686. The van der Waals surface area contributed by atoms with Crippen molar-refractivity contribution in [2.75, 3.05) is 11.0 Å². The fourth-order valence-corrected chi connectivity index (χ4v) is 3.76. The molecule has 4 rings (SSSR count). The average Bonchev–Trinajstić information content (AvgIpc) is 2.70. The molecule has 2 N–H and O–H groups in total. The van der Waals surface area contributed by atoms with E-state index in [1.807, 2.05) is 18.2 Å². The molecule has 1 aromatic heterocycles. The number of sulfonamides is 1. The summed E-state index contributed by atoms with van der Waals surface area (Å²) in [5, 5.41) is 2.85. The number of aromatic nitrogens is 1. The van der Waals surface area contributed by atoms with E-state index in [4.69, 9.17) is 4.74 Å². The number of fused-ring (bicyclic) bond motifs is 3. The van der Waals surface area contributed by atoms with E-state index in [9.17, 15) is 13.2 Å². The van der Waals surface area contributed by atoms with Crippen LogP contribution >= 0.6 is 0 Å². The van der Waals surface area contributed by atoms with E-state index >= 15 is 0 Å². The van der Waals surface area contributed by atoms with Crippen LogP contribution in [0.15, 0.2) is 60.9 Å². The van der Waals surface area contributed by atoms with Crippen LogP contribution in [0.2, 0.25) is 0 Å². The number of pyridine rings is 1. The maximum absolute atomic E-state index is 12.6. The molecule has 2 heterocycles. The Labute approximate surface area is 168 Å². The van der Waals surface area contributed by atoms with Gasteiger partial charge < -0.3 is 10.1 Å². The minimum Gasteiger partial charge on any atom is -0.488 e. The third-order valence-corrected chi connectivity index (χ3v) is 5.11. The first-order valence-electron chi connectivity index (χ1n) is 8.94. The van der Waals surface area contributed by atoms with E-state index in [0.29, 0.717) is 23.6 Å². The number of hydrogen-bond acceptors (Lipinski definition) is 5. The molecule has 1 aliphatic heterocycles. The van der Waals surface area contributed by atoms with Gasteiger partial charge in [0.05, 0.1) is 6.26 Å². The largest absolute Gasteiger partial charge is 0.488 e. The number of amides is 1. The van der Waals surface area contributed by atoms with Crippen LogP contribution in [0.5, 0.6) is 5.75 Å². The van der Waals surface area contributed by atoms with Crippen LogP contribution in [0.1, 0.15) is 21.5 Å². The van der Waals surface area contributed by atoms with Crippen molar-refractivity contribution in [2.24, 2.45) is 0 Å². The Bertz CT molecular complexity index is 1190. The fraction of sp³-hybridized carbons (Fsp3) is 0.143. The number of hydrogen-bond donors (Lipinski definition) is 2. The number of rotatable bonds is 5. The Morgan fingerprint density at radius 3 is 2.83 bits per heavy atom. The Morgan fingerprint density at radius 2 is 2.00 bits per heavy atom. The minimum atomic E-state index is -3.35. The van der Waals surface area contributed by atoms with Crippen molar-refractivity contribution in [2.45, 2.75) is 13.2 Å². The zero-order valence-electron chi connectivity index (χ0n) is 15.7. The van der Waals surface area contributed by atoms with Crippen LogP contribution in [-0.2, 0) is 23.2 Å². The maximum atomic E-state index is 12.6. The van der Waals surface area contributed by atoms with Crippen molar-refractivity contribution in [3.05, 3.63) is 77.6 Å². The van der Waals surface area contributed by atoms with Crippen molar-refractivity contribution < 1.29 is 17.9 Å². The van der Waals surface area contributed by atoms with Gasteiger partial charge in [-0.15, -0.1) is 0 Å². The second-order valence-electron chi connectivity index (χ2n) is 6.79. The molecule has 0 saturated heterocycles. The Kier molecular flexibility index (Phi) is 4.94. The monoisotopic (exact) mass is 409 g/mol. The lowest BCUT2D eigenvalue weighted by Crippen LogP contribution is -2.23. The Hall–Kier alpha value is -3.39. The number of nitrogens with one attached hydrogen (secondary N) is 2. The van der Waals surface area contributed by atoms with Gasteiger partial charge >= 0.3 is 0 Å². The van der Waals surface area contributed by atoms with Gasteiger partial charge in [-0.25, -0.2) is 8.42 Å². The van der Waals surface area contributed by atoms with Crippen molar-refractivity contribution in [3.63, 3.8) is 0 Å². The third-order valence-electron chi connectivity index (χ3n) is 4.50. The second kappa shape index (κ2) is 7.56. The minimum absolute atomic E-state index is 0.238. The quantitative estimate of drug-likeness (QED) is 0.675. The molecule has 0 saturated carbocycles. The summed E-state index contributed by atoms with van der Waals surface area (Å²) in [6, 6.07) is 14.2. The van der Waals surface area contributed by atoms with Gasteiger partial charge in [-0.1, -0.05) is 12.1 Å². The first-order chi connectivity index (χ1) is 13.9. The zero-order valence-corrected chi connectivity index (χ0v) is 16.5. The maximum Gasteiger partial charge on any atom is 0.251 e. The molecule has 0 spiro atoms. The van der Waals surface area contributed by atoms with Gasteiger partial charge in [0.2, 0.25) is 10.0 Å². The van der Waals surface area contributed by atoms with Crippen molar-refractivity contribution in [1.29, 1.82) is 0 Å². The second-order valence-corrected chi connectivity index (χ2v) is 8.54. The molecule has 0 radical (unpaired) electrons. The van der Waals surface area contributed by atoms with Gasteiger partial charge in [0, 0.05) is 41.3 Å². The number of carbonyl (C=O) groups excluding carboxylic acids is 1. The van der Waals surface area contributed by atoms with E-state index in [1.165, 1.54) is 0 Å². The lowest BCUT2D eigenvalue weighted by molar-refractivity contribution is 0.0950. The number of carbonyl (C=O) groups is 1. The van der Waals surface area contributed by atoms with E-state index in [-0.39, 0.29) is 12.5 Å². The smallest absolute Gasteiger partial charge is 0.251 e. The van der Waals surface area contributed by atoms with Crippen LogP contribution in [0.25, 0.3) is 11.1 Å². The number of anilines is 1. The topological polar surface area (TPSA) is 97.4 Å². The first kappa shape index (κ1) is 18.9. The van der Waals surface area contributed by atoms with Crippen molar-refractivity contribution >= 4 is 21.6 Å². The van der Waals surface area contributed by atoms with Gasteiger partial charge in [0.1, 0.15) is 12.4 Å². The van der Waals surface area contributed by atoms with E-state index in [1.54, 1.807) is 42.7 Å². The lowest BCUT2D eigenvalue weighted by Gasteiger charge is -2.20. The van der Waals surface area contributed by atoms with E-state index in [2.05, 4.69) is 15.0 Å². The third kappa shape index (κ3) is 4.38. The molecule has 0 bridgehead atoms. The van der Waals surface area contributed by atoms with Gasteiger partial charge in [0.15, 0.2) is 0 Å². The van der Waals surface area contributed by atoms with Crippen molar-refractivity contribution in [1.82, 2.24) is 10.3 Å². The number of nitrogens with zero attached hydrogens (tertiary/aromatic N) is 1. The van der Waals surface area contributed by atoms with Crippen LogP contribution in [-0.4, -0.2) is 25.6 Å². The Balaban J connectivity index is 1.47. The molecule has 148 valence electrons. The number of benzene rings is 2. The Morgan fingerprint density at radius 1 is 1.14 bits per heavy atom. The lowest BCUT2D eigenvalue weighted by atomic mass is 9.97. The molecule has 1 aliphatic rings. The molecule has 2 aromatic carbocycles. The highest BCUT2D eigenvalue weighted by Gasteiger charge is 2.19. The van der Waals surface area contributed by atoms with Crippen molar-refractivity contribution in [3.8, 4) is 16.9 Å². The highest BCUT2D eigenvalue weighted by Crippen LogP contribution is 2.37. The summed E-state index contributed by atoms with van der Waals surface area (Å²) in [6.07, 6.45) is 4.61. The summed E-state index contributed by atoms with van der Waals surface area (Å²) < 4.78 is 30.9. The summed E-state index contributed by atoms with van der Waals surface area (Å²) in [7, 11) is -3.35. The first-order valence-corrected chi connectivity index (χ1v) is 10.8. The molecule has 0 aliphatic carbocycles. The van der Waals surface area contributed by atoms with Crippen LogP contribution in [0, 0.1) is 0 Å². The molecular formula is C21H19N3O4S. The highest BCUT2D eigenvalue weighted by atomic mass is 32.2. The van der Waals surface area contributed by atoms with E-state index in [0.717, 1.165) is 28.5 Å². The highest BCUT2D eigenvalue weighted by molar-refractivity contribution is 7.92. The molecule has 29 heavy (non-hydrogen) atoms. The van der Waals surface area contributed by atoms with Crippen LogP contribution in [0.3, 0.4) is 0 Å². The van der Waals surface area contributed by atoms with Crippen LogP contribution in [0.4, 0.5) is 5.69 Å². The number of ether oxygens (including phenoxy) is 1. The van der Waals surface area contributed by atoms with Gasteiger partial charge in [-0.05, 0) is 47.5 Å². The SMILES string of the molecule is CS(=O)(=O)Nc1cccc(CNC(=O)c2ccc3c(c2)OCc2cnccc2-3)c1. The molecule has 8 heteroatoms. The summed E-state index contributed by atoms with van der Waals surface area (Å²) in [5.74, 6) is 0.425. The normalized spacial score (nSPS) is 12.3. The molecule has 0 atom stereocenters. The molecule has 3 aromatic rings. The fourth-order valence-electron chi connectivity index (χ4n) is 3.21. The standard InChI is InChI=1S/C21H19N3O4S/c1-29(26,27)24-17-4-2-3-14(9-17)11-23-21(25)15-5-6-19-18-7-8-22-12-16(18)13-28-20(19)10-15/h2-10,12,24H,11,13H2,1H3,(H,23,25). The molecule has 0 unspecified atom stereocenters. The molecular weight excluding hydrogens is 390 g/mol. The van der Waals surface area contributed by atoms with E-state index < -0.39 is 10.0 Å². The average molecular weight is 409 g/mol. The summed E-state index contributed by atoms with van der Waals surface area (Å²) >= 11 is 0. The predicted octanol–water partition coefficient (Wildman–Crippen LogP) is 2.94. The van der Waals surface area contributed by atoms with Gasteiger partial charge in [-0.2, -0.15) is 0 Å². The summed E-state index contributed by atoms with van der Waals surface area (Å²) in [5.41, 5.74) is 4.73. The van der Waals surface area contributed by atoms with Gasteiger partial charge in [-0.3, -0.25) is 14.5 Å².